The van der Waals surface area contributed by atoms with Crippen LogP contribution in [0.4, 0.5) is 11.4 Å². The molecule has 0 radical (unpaired) electrons. The minimum absolute atomic E-state index is 0.0930. The van der Waals surface area contributed by atoms with Crippen molar-refractivity contribution < 1.29 is 4.79 Å². The summed E-state index contributed by atoms with van der Waals surface area (Å²) in [6, 6.07) is 14.8. The highest BCUT2D eigenvalue weighted by molar-refractivity contribution is 9.10. The van der Waals surface area contributed by atoms with Gasteiger partial charge >= 0.3 is 0 Å². The zero-order chi connectivity index (χ0) is 16.6. The molecule has 2 aromatic carbocycles. The number of halogens is 1. The molecule has 1 aliphatic heterocycles. The molecule has 3 rings (SSSR count). The Morgan fingerprint density at radius 3 is 2.70 bits per heavy atom. The molecule has 3 nitrogen and oxygen atoms in total. The topological polar surface area (TPSA) is 32.3 Å². The maximum absolute atomic E-state index is 12.1. The summed E-state index contributed by atoms with van der Waals surface area (Å²) < 4.78 is 1.03. The molecule has 0 bridgehead atoms. The van der Waals surface area contributed by atoms with E-state index in [1.54, 1.807) is 6.92 Å². The molecular formula is C19H21BrN2O. The van der Waals surface area contributed by atoms with Gasteiger partial charge in [-0.1, -0.05) is 34.1 Å². The molecule has 23 heavy (non-hydrogen) atoms. The number of nitrogens with one attached hydrogen (secondary N) is 1. The standard InChI is InChI=1S/C19H21BrN2O/c1-12-6-4-5-7-17(12)21-18-10-13(2)22(14(3)23)19-9-8-15(20)11-16(18)19/h4-9,11,13,18,21H,10H2,1-3H3. The van der Waals surface area contributed by atoms with E-state index in [0.29, 0.717) is 0 Å². The molecule has 1 amide bonds. The van der Waals surface area contributed by atoms with Crippen LogP contribution in [0.25, 0.3) is 0 Å². The fourth-order valence-corrected chi connectivity index (χ4v) is 3.75. The number of carbonyl (C=O) groups excluding carboxylic acids is 1. The molecular weight excluding hydrogens is 352 g/mol. The van der Waals surface area contributed by atoms with Crippen molar-refractivity contribution in [2.24, 2.45) is 0 Å². The van der Waals surface area contributed by atoms with Crippen molar-refractivity contribution in [3.63, 3.8) is 0 Å². The number of carbonyl (C=O) groups is 1. The predicted octanol–water partition coefficient (Wildman–Crippen LogP) is 5.06. The second-order valence-electron chi connectivity index (χ2n) is 6.19. The Bertz CT molecular complexity index is 744. The van der Waals surface area contributed by atoms with Gasteiger partial charge in [-0.25, -0.2) is 0 Å². The molecule has 2 aromatic rings. The Morgan fingerprint density at radius 1 is 1.26 bits per heavy atom. The molecule has 0 spiro atoms. The van der Waals surface area contributed by atoms with E-state index in [9.17, 15) is 4.79 Å². The third-order valence-electron chi connectivity index (χ3n) is 4.46. The first-order valence-corrected chi connectivity index (χ1v) is 8.68. The summed E-state index contributed by atoms with van der Waals surface area (Å²) in [5.41, 5.74) is 4.54. The van der Waals surface area contributed by atoms with Gasteiger partial charge in [-0.15, -0.1) is 0 Å². The zero-order valence-corrected chi connectivity index (χ0v) is 15.2. The van der Waals surface area contributed by atoms with Gasteiger partial charge in [0.2, 0.25) is 5.91 Å². The highest BCUT2D eigenvalue weighted by Gasteiger charge is 2.32. The molecule has 1 heterocycles. The van der Waals surface area contributed by atoms with E-state index in [-0.39, 0.29) is 18.0 Å². The fourth-order valence-electron chi connectivity index (χ4n) is 3.37. The lowest BCUT2D eigenvalue weighted by atomic mass is 9.91. The van der Waals surface area contributed by atoms with Crippen LogP contribution in [0.1, 0.15) is 37.4 Å². The van der Waals surface area contributed by atoms with Gasteiger partial charge < -0.3 is 10.2 Å². The van der Waals surface area contributed by atoms with E-state index < -0.39 is 0 Å². The minimum atomic E-state index is 0.0930. The summed E-state index contributed by atoms with van der Waals surface area (Å²) in [7, 11) is 0. The van der Waals surface area contributed by atoms with Gasteiger partial charge in [0.15, 0.2) is 0 Å². The Labute approximate surface area is 145 Å². The van der Waals surface area contributed by atoms with Crippen LogP contribution in [0.15, 0.2) is 46.9 Å². The van der Waals surface area contributed by atoms with Crippen molar-refractivity contribution in [2.45, 2.75) is 39.3 Å². The molecule has 0 fully saturated rings. The number of anilines is 2. The maximum atomic E-state index is 12.1. The number of para-hydroxylation sites is 1. The number of rotatable bonds is 2. The van der Waals surface area contributed by atoms with Crippen LogP contribution >= 0.6 is 15.9 Å². The molecule has 0 aliphatic carbocycles. The molecule has 0 saturated heterocycles. The van der Waals surface area contributed by atoms with Crippen molar-refractivity contribution in [2.75, 3.05) is 10.2 Å². The van der Waals surface area contributed by atoms with Crippen molar-refractivity contribution in [3.8, 4) is 0 Å². The maximum Gasteiger partial charge on any atom is 0.224 e. The lowest BCUT2D eigenvalue weighted by Gasteiger charge is -2.39. The lowest BCUT2D eigenvalue weighted by molar-refractivity contribution is -0.117. The van der Waals surface area contributed by atoms with Gasteiger partial charge in [-0.05, 0) is 55.7 Å². The van der Waals surface area contributed by atoms with E-state index in [1.165, 1.54) is 5.56 Å². The quantitative estimate of drug-likeness (QED) is 0.799. The van der Waals surface area contributed by atoms with Gasteiger partial charge in [0.25, 0.3) is 0 Å². The fraction of sp³-hybridized carbons (Fsp3) is 0.316. The molecule has 0 saturated carbocycles. The van der Waals surface area contributed by atoms with Crippen LogP contribution in [0.3, 0.4) is 0 Å². The van der Waals surface area contributed by atoms with Gasteiger partial charge in [-0.3, -0.25) is 4.79 Å². The van der Waals surface area contributed by atoms with Gasteiger partial charge in [0, 0.05) is 28.8 Å². The van der Waals surface area contributed by atoms with Crippen molar-refractivity contribution >= 4 is 33.2 Å². The third-order valence-corrected chi connectivity index (χ3v) is 4.95. The van der Waals surface area contributed by atoms with Crippen LogP contribution in [0.2, 0.25) is 0 Å². The molecule has 0 aromatic heterocycles. The number of benzene rings is 2. The molecule has 2 atom stereocenters. The monoisotopic (exact) mass is 372 g/mol. The van der Waals surface area contributed by atoms with Crippen LogP contribution in [-0.2, 0) is 4.79 Å². The number of fused-ring (bicyclic) bond motifs is 1. The predicted molar refractivity (Wildman–Crippen MR) is 98.9 cm³/mol. The van der Waals surface area contributed by atoms with E-state index >= 15 is 0 Å². The van der Waals surface area contributed by atoms with Crippen LogP contribution in [0, 0.1) is 6.92 Å². The Kier molecular flexibility index (Phi) is 4.44. The van der Waals surface area contributed by atoms with Crippen LogP contribution in [-0.4, -0.2) is 11.9 Å². The summed E-state index contributed by atoms with van der Waals surface area (Å²) in [5.74, 6) is 0.0930. The van der Waals surface area contributed by atoms with E-state index in [4.69, 9.17) is 0 Å². The molecule has 4 heteroatoms. The largest absolute Gasteiger partial charge is 0.378 e. The summed E-state index contributed by atoms with van der Waals surface area (Å²) in [4.78, 5) is 14.0. The van der Waals surface area contributed by atoms with Gasteiger partial charge in [0.05, 0.1) is 6.04 Å². The Balaban J connectivity index is 2.02. The summed E-state index contributed by atoms with van der Waals surface area (Å²) in [6.45, 7) is 5.86. The first kappa shape index (κ1) is 16.1. The SMILES string of the molecule is CC(=O)N1c2ccc(Br)cc2C(Nc2ccccc2C)CC1C. The zero-order valence-electron chi connectivity index (χ0n) is 13.6. The smallest absolute Gasteiger partial charge is 0.224 e. The molecule has 2 unspecified atom stereocenters. The van der Waals surface area contributed by atoms with E-state index in [2.05, 4.69) is 53.3 Å². The van der Waals surface area contributed by atoms with Crippen molar-refractivity contribution in [3.05, 3.63) is 58.1 Å². The average molecular weight is 373 g/mol. The summed E-state index contributed by atoms with van der Waals surface area (Å²) in [6.07, 6.45) is 0.886. The first-order chi connectivity index (χ1) is 11.0. The number of nitrogens with zero attached hydrogens (tertiary/aromatic N) is 1. The second-order valence-corrected chi connectivity index (χ2v) is 7.10. The third kappa shape index (κ3) is 3.13. The number of hydrogen-bond donors (Lipinski definition) is 1. The highest BCUT2D eigenvalue weighted by atomic mass is 79.9. The van der Waals surface area contributed by atoms with Gasteiger partial charge in [0.1, 0.15) is 0 Å². The first-order valence-electron chi connectivity index (χ1n) is 7.89. The highest BCUT2D eigenvalue weighted by Crippen LogP contribution is 2.40. The Hall–Kier alpha value is -1.81. The summed E-state index contributed by atoms with van der Waals surface area (Å²) >= 11 is 3.56. The lowest BCUT2D eigenvalue weighted by Crippen LogP contribution is -2.43. The number of amides is 1. The molecule has 1 aliphatic rings. The second kappa shape index (κ2) is 6.36. The normalized spacial score (nSPS) is 20.1. The molecule has 120 valence electrons. The van der Waals surface area contributed by atoms with Crippen LogP contribution < -0.4 is 10.2 Å². The van der Waals surface area contributed by atoms with E-state index in [1.807, 2.05) is 29.2 Å². The number of aryl methyl sites for hydroxylation is 1. The van der Waals surface area contributed by atoms with Gasteiger partial charge in [-0.2, -0.15) is 0 Å². The summed E-state index contributed by atoms with van der Waals surface area (Å²) in [5, 5.41) is 3.66. The van der Waals surface area contributed by atoms with Crippen molar-refractivity contribution in [1.29, 1.82) is 0 Å². The number of hydrogen-bond acceptors (Lipinski definition) is 2. The van der Waals surface area contributed by atoms with Crippen molar-refractivity contribution in [1.82, 2.24) is 0 Å². The average Bonchev–Trinajstić information content (AvgIpc) is 2.49. The molecule has 1 N–H and O–H groups in total. The van der Waals surface area contributed by atoms with Crippen LogP contribution in [0.5, 0.6) is 0 Å². The minimum Gasteiger partial charge on any atom is -0.378 e. The van der Waals surface area contributed by atoms with E-state index in [0.717, 1.165) is 27.8 Å². The Morgan fingerprint density at radius 2 is 2.00 bits per heavy atom.